The van der Waals surface area contributed by atoms with E-state index in [4.69, 9.17) is 4.42 Å². The van der Waals surface area contributed by atoms with Gasteiger partial charge in [-0.25, -0.2) is 0 Å². The van der Waals surface area contributed by atoms with E-state index in [1.165, 1.54) is 9.13 Å². The highest BCUT2D eigenvalue weighted by Gasteiger charge is 2.15. The van der Waals surface area contributed by atoms with Crippen molar-refractivity contribution in [3.05, 3.63) is 56.0 Å². The molecule has 1 aromatic carbocycles. The Bertz CT molecular complexity index is 509. The van der Waals surface area contributed by atoms with E-state index in [1.807, 2.05) is 12.1 Å². The minimum Gasteiger partial charge on any atom is -0.453 e. The van der Waals surface area contributed by atoms with Gasteiger partial charge in [-0.3, -0.25) is 0 Å². The monoisotopic (exact) mass is 433 g/mol. The third kappa shape index (κ3) is 4.61. The fraction of sp³-hybridized carbons (Fsp3) is 0.333. The summed E-state index contributed by atoms with van der Waals surface area (Å²) in [4.78, 5) is 0. The highest BCUT2D eigenvalue weighted by molar-refractivity contribution is 14.1. The summed E-state index contributed by atoms with van der Waals surface area (Å²) in [5, 5.41) is 3.55. The van der Waals surface area contributed by atoms with Gasteiger partial charge in [0, 0.05) is 3.57 Å². The van der Waals surface area contributed by atoms with Gasteiger partial charge in [0.25, 0.3) is 0 Å². The smallest absolute Gasteiger partial charge is 0.169 e. The van der Waals surface area contributed by atoms with Crippen molar-refractivity contribution in [1.82, 2.24) is 5.32 Å². The Balaban J connectivity index is 2.11. The van der Waals surface area contributed by atoms with E-state index in [2.05, 4.69) is 75.0 Å². The average Bonchev–Trinajstić information content (AvgIpc) is 2.83. The van der Waals surface area contributed by atoms with Crippen molar-refractivity contribution in [2.75, 3.05) is 6.54 Å². The minimum atomic E-state index is 0.228. The number of furan rings is 1. The van der Waals surface area contributed by atoms with Crippen LogP contribution in [0.25, 0.3) is 0 Å². The zero-order valence-corrected chi connectivity index (χ0v) is 14.6. The summed E-state index contributed by atoms with van der Waals surface area (Å²) < 4.78 is 7.74. The molecule has 1 aromatic heterocycles. The van der Waals surface area contributed by atoms with Crippen LogP contribution in [0.2, 0.25) is 0 Å². The van der Waals surface area contributed by atoms with Gasteiger partial charge in [0.2, 0.25) is 0 Å². The summed E-state index contributed by atoms with van der Waals surface area (Å²) in [7, 11) is 0. The molecule has 1 atom stereocenters. The van der Waals surface area contributed by atoms with E-state index in [9.17, 15) is 0 Å². The molecule has 102 valence electrons. The number of benzene rings is 1. The molecular weight excluding hydrogens is 417 g/mol. The van der Waals surface area contributed by atoms with Crippen molar-refractivity contribution in [3.63, 3.8) is 0 Å². The molecule has 0 amide bonds. The summed E-state index contributed by atoms with van der Waals surface area (Å²) >= 11 is 5.70. The Morgan fingerprint density at radius 3 is 2.53 bits per heavy atom. The normalized spacial score (nSPS) is 12.6. The molecule has 2 rings (SSSR count). The fourth-order valence-corrected chi connectivity index (χ4v) is 2.64. The second kappa shape index (κ2) is 7.45. The first-order valence-electron chi connectivity index (χ1n) is 6.42. The highest BCUT2D eigenvalue weighted by Crippen LogP contribution is 2.24. The molecule has 0 aliphatic carbocycles. The lowest BCUT2D eigenvalue weighted by molar-refractivity contribution is 0.400. The molecule has 0 spiro atoms. The second-order valence-corrected chi connectivity index (χ2v) is 6.51. The molecule has 0 saturated heterocycles. The van der Waals surface area contributed by atoms with Gasteiger partial charge in [0.1, 0.15) is 5.76 Å². The molecule has 2 aromatic rings. The summed E-state index contributed by atoms with van der Waals surface area (Å²) in [6.07, 6.45) is 2.06. The lowest BCUT2D eigenvalue weighted by Gasteiger charge is -2.16. The fourth-order valence-electron chi connectivity index (χ4n) is 1.96. The first kappa shape index (κ1) is 15.1. The van der Waals surface area contributed by atoms with E-state index in [-0.39, 0.29) is 6.04 Å². The van der Waals surface area contributed by atoms with Gasteiger partial charge in [0.15, 0.2) is 4.67 Å². The largest absolute Gasteiger partial charge is 0.453 e. The van der Waals surface area contributed by atoms with Crippen LogP contribution in [0.1, 0.15) is 30.7 Å². The average molecular weight is 434 g/mol. The highest BCUT2D eigenvalue weighted by atomic mass is 127. The van der Waals surface area contributed by atoms with Crippen LogP contribution in [0, 0.1) is 3.57 Å². The van der Waals surface area contributed by atoms with Gasteiger partial charge in [0.05, 0.1) is 6.04 Å². The summed E-state index contributed by atoms with van der Waals surface area (Å²) in [5.41, 5.74) is 1.32. The molecule has 0 fully saturated rings. The Kier molecular flexibility index (Phi) is 5.91. The molecule has 1 unspecified atom stereocenters. The zero-order chi connectivity index (χ0) is 13.7. The van der Waals surface area contributed by atoms with Crippen molar-refractivity contribution in [2.24, 2.45) is 0 Å². The van der Waals surface area contributed by atoms with E-state index < -0.39 is 0 Å². The number of nitrogens with one attached hydrogen (secondary N) is 1. The molecule has 1 heterocycles. The molecule has 1 N–H and O–H groups in total. The molecule has 4 heteroatoms. The van der Waals surface area contributed by atoms with Crippen LogP contribution >= 0.6 is 38.5 Å². The van der Waals surface area contributed by atoms with Gasteiger partial charge in [-0.1, -0.05) is 19.1 Å². The maximum atomic E-state index is 5.69. The van der Waals surface area contributed by atoms with Crippen LogP contribution < -0.4 is 5.32 Å². The third-order valence-electron chi connectivity index (χ3n) is 2.93. The van der Waals surface area contributed by atoms with Crippen LogP contribution in [0.5, 0.6) is 0 Å². The zero-order valence-electron chi connectivity index (χ0n) is 10.8. The number of hydrogen-bond acceptors (Lipinski definition) is 2. The molecule has 19 heavy (non-hydrogen) atoms. The van der Waals surface area contributed by atoms with Gasteiger partial charge in [-0.15, -0.1) is 0 Å². The molecular formula is C15H17BrINO. The van der Waals surface area contributed by atoms with Crippen LogP contribution in [0.4, 0.5) is 0 Å². The third-order valence-corrected chi connectivity index (χ3v) is 4.08. The number of hydrogen-bond donors (Lipinski definition) is 1. The van der Waals surface area contributed by atoms with E-state index in [1.54, 1.807) is 0 Å². The van der Waals surface area contributed by atoms with E-state index in [0.717, 1.165) is 29.8 Å². The Morgan fingerprint density at radius 2 is 1.95 bits per heavy atom. The number of rotatable bonds is 6. The lowest BCUT2D eigenvalue weighted by Crippen LogP contribution is -2.23. The van der Waals surface area contributed by atoms with E-state index in [0.29, 0.717) is 0 Å². The maximum Gasteiger partial charge on any atom is 0.169 e. The quantitative estimate of drug-likeness (QED) is 0.653. The Morgan fingerprint density at radius 1 is 1.21 bits per heavy atom. The first-order chi connectivity index (χ1) is 9.19. The SMILES string of the molecule is CCCNC(Cc1ccc(I)cc1)c1ccc(Br)o1. The van der Waals surface area contributed by atoms with Crippen molar-refractivity contribution >= 4 is 38.5 Å². The Labute approximate surface area is 136 Å². The standard InChI is InChI=1S/C15H17BrINO/c1-2-9-18-13(14-7-8-15(16)19-14)10-11-3-5-12(17)6-4-11/h3-8,13,18H,2,9-10H2,1H3. The molecule has 0 aliphatic rings. The summed E-state index contributed by atoms with van der Waals surface area (Å²) in [5.74, 6) is 0.985. The molecule has 0 bridgehead atoms. The van der Waals surface area contributed by atoms with Crippen LogP contribution in [-0.4, -0.2) is 6.54 Å². The number of halogens is 2. The van der Waals surface area contributed by atoms with Gasteiger partial charge in [-0.05, 0) is 87.7 Å². The summed E-state index contributed by atoms with van der Waals surface area (Å²) in [6.45, 7) is 3.17. The van der Waals surface area contributed by atoms with Crippen LogP contribution in [0.3, 0.4) is 0 Å². The predicted octanol–water partition coefficient (Wildman–Crippen LogP) is 4.93. The van der Waals surface area contributed by atoms with Crippen LogP contribution in [0.15, 0.2) is 45.5 Å². The van der Waals surface area contributed by atoms with Gasteiger partial charge < -0.3 is 9.73 Å². The van der Waals surface area contributed by atoms with E-state index >= 15 is 0 Å². The first-order valence-corrected chi connectivity index (χ1v) is 8.29. The molecule has 0 saturated carbocycles. The van der Waals surface area contributed by atoms with Crippen molar-refractivity contribution in [1.29, 1.82) is 0 Å². The predicted molar refractivity (Wildman–Crippen MR) is 90.3 cm³/mol. The summed E-state index contributed by atoms with van der Waals surface area (Å²) in [6, 6.07) is 12.9. The van der Waals surface area contributed by atoms with Crippen molar-refractivity contribution in [3.8, 4) is 0 Å². The molecule has 2 nitrogen and oxygen atoms in total. The van der Waals surface area contributed by atoms with Gasteiger partial charge in [-0.2, -0.15) is 0 Å². The molecule has 0 aliphatic heterocycles. The van der Waals surface area contributed by atoms with Crippen molar-refractivity contribution in [2.45, 2.75) is 25.8 Å². The maximum absolute atomic E-state index is 5.69. The van der Waals surface area contributed by atoms with Crippen molar-refractivity contribution < 1.29 is 4.42 Å². The topological polar surface area (TPSA) is 25.2 Å². The van der Waals surface area contributed by atoms with Gasteiger partial charge >= 0.3 is 0 Å². The van der Waals surface area contributed by atoms with Crippen LogP contribution in [-0.2, 0) is 6.42 Å². The second-order valence-electron chi connectivity index (χ2n) is 4.48. The molecule has 0 radical (unpaired) electrons. The lowest BCUT2D eigenvalue weighted by atomic mass is 10.0. The minimum absolute atomic E-state index is 0.228. The Hall–Kier alpha value is -0.330.